The summed E-state index contributed by atoms with van der Waals surface area (Å²) in [4.78, 5) is 33.4. The molecule has 1 aliphatic heterocycles. The fraction of sp³-hybridized carbons (Fsp3) is 0.250. The highest BCUT2D eigenvalue weighted by atomic mass is 79.9. The number of nitrogens with zero attached hydrogens (tertiary/aromatic N) is 2. The molecule has 2 N–H and O–H groups in total. The number of benzene rings is 1. The maximum absolute atomic E-state index is 12.0. The van der Waals surface area contributed by atoms with Crippen LogP contribution in [0.4, 0.5) is 11.4 Å². The van der Waals surface area contributed by atoms with Crippen molar-refractivity contribution >= 4 is 44.8 Å². The zero-order valence-electron chi connectivity index (χ0n) is 11.0. The van der Waals surface area contributed by atoms with Crippen molar-refractivity contribution in [2.24, 2.45) is 5.10 Å². The largest absolute Gasteiger partial charge is 0.320 e. The van der Waals surface area contributed by atoms with E-state index in [0.29, 0.717) is 10.0 Å². The molecule has 1 aromatic carbocycles. The van der Waals surface area contributed by atoms with Crippen molar-refractivity contribution in [2.75, 3.05) is 5.32 Å². The summed E-state index contributed by atoms with van der Waals surface area (Å²) in [5, 5.41) is 17.1. The lowest BCUT2D eigenvalue weighted by molar-refractivity contribution is -0.385. The number of nitro benzene ring substituents is 1. The highest BCUT2D eigenvalue weighted by molar-refractivity contribution is 9.10. The lowest BCUT2D eigenvalue weighted by atomic mass is 10.1. The first-order valence-electron chi connectivity index (χ1n) is 6.00. The number of hydrogen-bond acceptors (Lipinski definition) is 5. The normalized spacial score (nSPS) is 14.2. The smallest absolute Gasteiger partial charge is 0.274 e. The van der Waals surface area contributed by atoms with E-state index in [2.05, 4.69) is 31.8 Å². The van der Waals surface area contributed by atoms with Crippen LogP contribution in [-0.2, 0) is 9.59 Å². The quantitative estimate of drug-likeness (QED) is 0.636. The molecule has 2 rings (SSSR count). The maximum atomic E-state index is 12.0. The summed E-state index contributed by atoms with van der Waals surface area (Å²) in [5.41, 5.74) is 3.05. The summed E-state index contributed by atoms with van der Waals surface area (Å²) in [6.45, 7) is 1.61. The highest BCUT2D eigenvalue weighted by Crippen LogP contribution is 2.30. The van der Waals surface area contributed by atoms with E-state index in [1.54, 1.807) is 13.0 Å². The van der Waals surface area contributed by atoms with Crippen LogP contribution >= 0.6 is 15.9 Å². The number of nitro groups is 1. The van der Waals surface area contributed by atoms with Gasteiger partial charge >= 0.3 is 0 Å². The van der Waals surface area contributed by atoms with Crippen LogP contribution in [0.15, 0.2) is 21.7 Å². The van der Waals surface area contributed by atoms with Crippen molar-refractivity contribution < 1.29 is 14.5 Å². The molecule has 0 aromatic heterocycles. The van der Waals surface area contributed by atoms with Crippen LogP contribution in [0.2, 0.25) is 0 Å². The minimum atomic E-state index is -0.518. The molecule has 0 fully saturated rings. The summed E-state index contributed by atoms with van der Waals surface area (Å²) in [5.74, 6) is -0.757. The Labute approximate surface area is 127 Å². The Morgan fingerprint density at radius 3 is 2.76 bits per heavy atom. The molecule has 0 saturated carbocycles. The van der Waals surface area contributed by atoms with Crippen LogP contribution in [0.25, 0.3) is 0 Å². The summed E-state index contributed by atoms with van der Waals surface area (Å²) in [7, 11) is 0. The van der Waals surface area contributed by atoms with E-state index in [-0.39, 0.29) is 35.8 Å². The summed E-state index contributed by atoms with van der Waals surface area (Å²) >= 11 is 3.25. The monoisotopic (exact) mass is 354 g/mol. The van der Waals surface area contributed by atoms with Crippen molar-refractivity contribution in [1.29, 1.82) is 0 Å². The average Bonchev–Trinajstić information content (AvgIpc) is 2.42. The minimum absolute atomic E-state index is 0.0904. The Bertz CT molecular complexity index is 671. The van der Waals surface area contributed by atoms with Gasteiger partial charge in [0.15, 0.2) is 0 Å². The van der Waals surface area contributed by atoms with Gasteiger partial charge in [-0.25, -0.2) is 5.43 Å². The Morgan fingerprint density at radius 2 is 2.19 bits per heavy atom. The van der Waals surface area contributed by atoms with Gasteiger partial charge in [0, 0.05) is 28.9 Å². The molecule has 1 aromatic rings. The number of amides is 2. The van der Waals surface area contributed by atoms with Crippen molar-refractivity contribution in [3.8, 4) is 0 Å². The highest BCUT2D eigenvalue weighted by Gasteiger charge is 2.21. The predicted molar refractivity (Wildman–Crippen MR) is 79.0 cm³/mol. The van der Waals surface area contributed by atoms with Crippen LogP contribution in [0.3, 0.4) is 0 Å². The lowest BCUT2D eigenvalue weighted by Crippen LogP contribution is -2.32. The van der Waals surface area contributed by atoms with Crippen molar-refractivity contribution in [1.82, 2.24) is 5.43 Å². The van der Waals surface area contributed by atoms with Crippen molar-refractivity contribution in [3.05, 3.63) is 32.3 Å². The SMILES string of the molecule is Cc1cc(Br)c(NC(=O)C2=NNC(=O)CC2)cc1[N+](=O)[O-]. The Kier molecular flexibility index (Phi) is 4.32. The van der Waals surface area contributed by atoms with E-state index in [1.165, 1.54) is 6.07 Å². The zero-order chi connectivity index (χ0) is 15.6. The van der Waals surface area contributed by atoms with Gasteiger partial charge in [-0.2, -0.15) is 5.10 Å². The average molecular weight is 355 g/mol. The third-order valence-corrected chi connectivity index (χ3v) is 3.55. The molecule has 8 nitrogen and oxygen atoms in total. The Hall–Kier alpha value is -2.29. The molecule has 2 amide bonds. The standard InChI is InChI=1S/C12H11BrN4O4/c1-6-4-7(13)9(5-10(6)17(20)21)14-12(19)8-2-3-11(18)16-15-8/h4-5H,2-3H2,1H3,(H,14,19)(H,16,18). The van der Waals surface area contributed by atoms with Crippen molar-refractivity contribution in [2.45, 2.75) is 19.8 Å². The second-order valence-corrected chi connectivity index (χ2v) is 5.28. The van der Waals surface area contributed by atoms with Gasteiger partial charge in [-0.1, -0.05) is 0 Å². The first kappa shape index (κ1) is 15.1. The molecule has 0 unspecified atom stereocenters. The van der Waals surface area contributed by atoms with Gasteiger partial charge in [0.25, 0.3) is 11.6 Å². The van der Waals surface area contributed by atoms with Gasteiger partial charge in [-0.15, -0.1) is 0 Å². The van der Waals surface area contributed by atoms with Crippen LogP contribution in [0.1, 0.15) is 18.4 Å². The first-order chi connectivity index (χ1) is 9.88. The molecule has 0 spiro atoms. The molecule has 110 valence electrons. The molecule has 0 radical (unpaired) electrons. The number of nitrogens with one attached hydrogen (secondary N) is 2. The van der Waals surface area contributed by atoms with E-state index in [4.69, 9.17) is 0 Å². The number of carbonyl (C=O) groups is 2. The van der Waals surface area contributed by atoms with Gasteiger partial charge < -0.3 is 5.32 Å². The number of rotatable bonds is 3. The van der Waals surface area contributed by atoms with Gasteiger partial charge in [-0.05, 0) is 28.9 Å². The fourth-order valence-corrected chi connectivity index (χ4v) is 2.34. The summed E-state index contributed by atoms with van der Waals surface area (Å²) < 4.78 is 0.527. The van der Waals surface area contributed by atoms with E-state index >= 15 is 0 Å². The summed E-state index contributed by atoms with van der Waals surface area (Å²) in [6, 6.07) is 2.83. The molecular formula is C12H11BrN4O4. The van der Waals surface area contributed by atoms with Crippen molar-refractivity contribution in [3.63, 3.8) is 0 Å². The van der Waals surface area contributed by atoms with E-state index in [0.717, 1.165) is 0 Å². The van der Waals surface area contributed by atoms with Crippen LogP contribution in [0.5, 0.6) is 0 Å². The number of carbonyl (C=O) groups excluding carboxylic acids is 2. The molecular weight excluding hydrogens is 344 g/mol. The number of hydrogen-bond donors (Lipinski definition) is 2. The third-order valence-electron chi connectivity index (χ3n) is 2.90. The van der Waals surface area contributed by atoms with E-state index in [1.807, 2.05) is 0 Å². The number of halogens is 1. The van der Waals surface area contributed by atoms with Crippen LogP contribution < -0.4 is 10.7 Å². The van der Waals surface area contributed by atoms with Gasteiger partial charge in [0.2, 0.25) is 5.91 Å². The molecule has 1 aliphatic rings. The van der Waals surface area contributed by atoms with E-state index in [9.17, 15) is 19.7 Å². The fourth-order valence-electron chi connectivity index (χ4n) is 1.79. The minimum Gasteiger partial charge on any atom is -0.320 e. The zero-order valence-corrected chi connectivity index (χ0v) is 12.6. The maximum Gasteiger partial charge on any atom is 0.274 e. The van der Waals surface area contributed by atoms with E-state index < -0.39 is 10.8 Å². The van der Waals surface area contributed by atoms with Crippen LogP contribution in [0, 0.1) is 17.0 Å². The molecule has 0 atom stereocenters. The molecule has 0 aliphatic carbocycles. The van der Waals surface area contributed by atoms with Gasteiger partial charge in [0.05, 0.1) is 10.6 Å². The lowest BCUT2D eigenvalue weighted by Gasteiger charge is -2.13. The number of hydrazone groups is 1. The van der Waals surface area contributed by atoms with Gasteiger partial charge in [0.1, 0.15) is 5.71 Å². The van der Waals surface area contributed by atoms with Gasteiger partial charge in [-0.3, -0.25) is 19.7 Å². The molecule has 0 bridgehead atoms. The summed E-state index contributed by atoms with van der Waals surface area (Å²) in [6.07, 6.45) is 0.407. The first-order valence-corrected chi connectivity index (χ1v) is 6.79. The molecule has 0 saturated heterocycles. The Morgan fingerprint density at radius 1 is 1.48 bits per heavy atom. The second kappa shape index (κ2) is 6.00. The molecule has 1 heterocycles. The Balaban J connectivity index is 2.23. The number of anilines is 1. The topological polar surface area (TPSA) is 114 Å². The molecule has 9 heteroatoms. The second-order valence-electron chi connectivity index (χ2n) is 4.42. The molecule has 21 heavy (non-hydrogen) atoms. The predicted octanol–water partition coefficient (Wildman–Crippen LogP) is 1.87. The third kappa shape index (κ3) is 3.43. The number of aryl methyl sites for hydroxylation is 1. The van der Waals surface area contributed by atoms with Crippen LogP contribution in [-0.4, -0.2) is 22.4 Å².